The predicted octanol–water partition coefficient (Wildman–Crippen LogP) is 3.34. The van der Waals surface area contributed by atoms with Crippen molar-refractivity contribution < 1.29 is 8.42 Å². The van der Waals surface area contributed by atoms with Crippen LogP contribution in [0.4, 0.5) is 0 Å². The van der Waals surface area contributed by atoms with Crippen LogP contribution in [0.15, 0.2) is 69.1 Å². The molecule has 6 heteroatoms. The number of halogens is 1. The maximum absolute atomic E-state index is 11.3. The van der Waals surface area contributed by atoms with Crippen LogP contribution in [-0.2, 0) is 10.0 Å². The number of nitrogens with zero attached hydrogens (tertiary/aromatic N) is 1. The molecule has 4 nitrogen and oxygen atoms in total. The zero-order valence-corrected chi connectivity index (χ0v) is 13.4. The van der Waals surface area contributed by atoms with Gasteiger partial charge in [0, 0.05) is 11.2 Å². The van der Waals surface area contributed by atoms with Gasteiger partial charge < -0.3 is 0 Å². The van der Waals surface area contributed by atoms with E-state index in [1.165, 1.54) is 12.1 Å². The molecular formula is C14H15BrN2O2S. The Hall–Kier alpha value is -1.66. The summed E-state index contributed by atoms with van der Waals surface area (Å²) in [6.07, 6.45) is 0. The van der Waals surface area contributed by atoms with E-state index in [2.05, 4.69) is 27.7 Å². The fourth-order valence-corrected chi connectivity index (χ4v) is 2.34. The molecule has 0 saturated heterocycles. The summed E-state index contributed by atoms with van der Waals surface area (Å²) in [6.45, 7) is 4.93. The van der Waals surface area contributed by atoms with Crippen LogP contribution in [0.3, 0.4) is 0 Å². The Morgan fingerprint density at radius 1 is 1.05 bits per heavy atom. The van der Waals surface area contributed by atoms with Crippen LogP contribution in [-0.4, -0.2) is 15.1 Å². The number of rotatable bonds is 3. The van der Waals surface area contributed by atoms with Gasteiger partial charge in [-0.1, -0.05) is 51.8 Å². The Bertz CT molecular complexity index is 641. The molecule has 0 aliphatic heterocycles. The maximum atomic E-state index is 11.3. The molecule has 0 amide bonds. The van der Waals surface area contributed by atoms with Gasteiger partial charge >= 0.3 is 0 Å². The molecule has 1 N–H and O–H groups in total. The predicted molar refractivity (Wildman–Crippen MR) is 85.2 cm³/mol. The van der Waals surface area contributed by atoms with E-state index in [0.29, 0.717) is 0 Å². The fraction of sp³-hybridized carbons (Fsp3) is 0.0714. The number of hydrogen-bond donors (Lipinski definition) is 1. The smallest absolute Gasteiger partial charge is 0.201 e. The van der Waals surface area contributed by atoms with E-state index in [-0.39, 0.29) is 4.90 Å². The highest BCUT2D eigenvalue weighted by molar-refractivity contribution is 9.10. The van der Waals surface area contributed by atoms with E-state index < -0.39 is 10.0 Å². The molecule has 20 heavy (non-hydrogen) atoms. The van der Waals surface area contributed by atoms with Crippen molar-refractivity contribution in [2.45, 2.75) is 11.8 Å². The standard InChI is InChI=1S/C8H10N2O2S.C6H5Br/c1-7-3-5-8(6-4-7)13(11,12)10-9-2;7-6-4-2-1-3-5-6/h3-6,10H,2H2,1H3;1-5H. The van der Waals surface area contributed by atoms with Crippen molar-refractivity contribution in [3.8, 4) is 0 Å². The van der Waals surface area contributed by atoms with E-state index >= 15 is 0 Å². The number of benzene rings is 2. The van der Waals surface area contributed by atoms with E-state index in [4.69, 9.17) is 0 Å². The Labute approximate surface area is 127 Å². The van der Waals surface area contributed by atoms with Crippen LogP contribution >= 0.6 is 15.9 Å². The van der Waals surface area contributed by atoms with Gasteiger partial charge in [-0.3, -0.25) is 0 Å². The minimum Gasteiger partial charge on any atom is -0.201 e. The molecule has 0 spiro atoms. The van der Waals surface area contributed by atoms with Crippen molar-refractivity contribution in [2.24, 2.45) is 5.10 Å². The summed E-state index contributed by atoms with van der Waals surface area (Å²) in [4.78, 5) is 2.13. The van der Waals surface area contributed by atoms with Gasteiger partial charge in [0.1, 0.15) is 0 Å². The van der Waals surface area contributed by atoms with E-state index in [9.17, 15) is 8.42 Å². The van der Waals surface area contributed by atoms with Gasteiger partial charge in [-0.2, -0.15) is 13.5 Å². The lowest BCUT2D eigenvalue weighted by molar-refractivity contribution is 0.585. The summed E-state index contributed by atoms with van der Waals surface area (Å²) in [6, 6.07) is 16.4. The number of hydrazone groups is 1. The summed E-state index contributed by atoms with van der Waals surface area (Å²) in [5, 5.41) is 3.12. The molecule has 2 aromatic carbocycles. The second kappa shape index (κ2) is 7.81. The van der Waals surface area contributed by atoms with E-state index in [1.807, 2.05) is 42.1 Å². The zero-order valence-electron chi connectivity index (χ0n) is 11.0. The lowest BCUT2D eigenvalue weighted by atomic mass is 10.2. The molecular weight excluding hydrogens is 340 g/mol. The van der Waals surface area contributed by atoms with Crippen LogP contribution < -0.4 is 4.83 Å². The van der Waals surface area contributed by atoms with Crippen molar-refractivity contribution in [3.63, 3.8) is 0 Å². The first-order valence-electron chi connectivity index (χ1n) is 5.70. The molecule has 0 heterocycles. The SMILES string of the molecule is Brc1ccccc1.C=NNS(=O)(=O)c1ccc(C)cc1. The first kappa shape index (κ1) is 16.4. The average molecular weight is 355 g/mol. The van der Waals surface area contributed by atoms with Crippen LogP contribution in [0.5, 0.6) is 0 Å². The summed E-state index contributed by atoms with van der Waals surface area (Å²) in [7, 11) is -3.51. The molecule has 0 aliphatic rings. The van der Waals surface area contributed by atoms with Crippen LogP contribution in [0.1, 0.15) is 5.56 Å². The molecule has 0 saturated carbocycles. The Morgan fingerprint density at radius 3 is 2.00 bits per heavy atom. The molecule has 0 fully saturated rings. The normalized spacial score (nSPS) is 10.1. The third-order valence-corrected chi connectivity index (χ3v) is 4.04. The number of aryl methyl sites for hydroxylation is 1. The van der Waals surface area contributed by atoms with Crippen LogP contribution in [0, 0.1) is 6.92 Å². The summed E-state index contributed by atoms with van der Waals surface area (Å²) in [5.41, 5.74) is 1.01. The molecule has 0 bridgehead atoms. The van der Waals surface area contributed by atoms with Gasteiger partial charge in [0.15, 0.2) is 0 Å². The third-order valence-electron chi connectivity index (χ3n) is 2.25. The minimum atomic E-state index is -3.51. The average Bonchev–Trinajstić information content (AvgIpc) is 2.41. The molecule has 2 aromatic rings. The maximum Gasteiger partial charge on any atom is 0.276 e. The largest absolute Gasteiger partial charge is 0.276 e. The quantitative estimate of drug-likeness (QED) is 0.678. The van der Waals surface area contributed by atoms with Gasteiger partial charge in [0.05, 0.1) is 4.90 Å². The van der Waals surface area contributed by atoms with Crippen LogP contribution in [0.2, 0.25) is 0 Å². The highest BCUT2D eigenvalue weighted by Crippen LogP contribution is 2.09. The molecule has 106 valence electrons. The van der Waals surface area contributed by atoms with E-state index in [1.54, 1.807) is 12.1 Å². The lowest BCUT2D eigenvalue weighted by Crippen LogP contribution is -2.17. The minimum absolute atomic E-state index is 0.186. The Morgan fingerprint density at radius 2 is 1.60 bits per heavy atom. The Balaban J connectivity index is 0.000000240. The van der Waals surface area contributed by atoms with Gasteiger partial charge in [-0.05, 0) is 31.2 Å². The third kappa shape index (κ3) is 5.54. The van der Waals surface area contributed by atoms with Crippen molar-refractivity contribution >= 4 is 32.7 Å². The van der Waals surface area contributed by atoms with Gasteiger partial charge in [0.2, 0.25) is 0 Å². The summed E-state index contributed by atoms with van der Waals surface area (Å²) < 4.78 is 23.7. The first-order chi connectivity index (χ1) is 9.45. The van der Waals surface area contributed by atoms with Crippen molar-refractivity contribution in [1.82, 2.24) is 4.83 Å². The summed E-state index contributed by atoms with van der Waals surface area (Å²) in [5.74, 6) is 0. The first-order valence-corrected chi connectivity index (χ1v) is 7.98. The highest BCUT2D eigenvalue weighted by Gasteiger charge is 2.10. The topological polar surface area (TPSA) is 58.5 Å². The Kier molecular flexibility index (Phi) is 6.41. The lowest BCUT2D eigenvalue weighted by Gasteiger charge is -2.02. The molecule has 0 radical (unpaired) electrons. The van der Waals surface area contributed by atoms with Crippen LogP contribution in [0.25, 0.3) is 0 Å². The van der Waals surface area contributed by atoms with Crippen molar-refractivity contribution in [2.75, 3.05) is 0 Å². The van der Waals surface area contributed by atoms with Crippen molar-refractivity contribution in [1.29, 1.82) is 0 Å². The molecule has 0 atom stereocenters. The molecule has 0 unspecified atom stereocenters. The molecule has 2 rings (SSSR count). The van der Waals surface area contributed by atoms with Gasteiger partial charge in [-0.25, -0.2) is 4.83 Å². The zero-order chi connectivity index (χ0) is 15.0. The van der Waals surface area contributed by atoms with Crippen molar-refractivity contribution in [3.05, 3.63) is 64.6 Å². The highest BCUT2D eigenvalue weighted by atomic mass is 79.9. The molecule has 0 aromatic heterocycles. The monoisotopic (exact) mass is 354 g/mol. The van der Waals surface area contributed by atoms with E-state index in [0.717, 1.165) is 10.0 Å². The molecule has 0 aliphatic carbocycles. The summed E-state index contributed by atoms with van der Waals surface area (Å²) >= 11 is 3.31. The van der Waals surface area contributed by atoms with Gasteiger partial charge in [-0.15, -0.1) is 0 Å². The number of nitrogens with one attached hydrogen (secondary N) is 1. The second-order valence-electron chi connectivity index (χ2n) is 3.86. The van der Waals surface area contributed by atoms with Gasteiger partial charge in [0.25, 0.3) is 10.0 Å². The number of sulfonamides is 1. The number of hydrogen-bond acceptors (Lipinski definition) is 3. The second-order valence-corrected chi connectivity index (χ2v) is 6.44. The fourth-order valence-electron chi connectivity index (χ4n) is 1.27.